The van der Waals surface area contributed by atoms with Crippen molar-refractivity contribution >= 4 is 22.6 Å². The minimum absolute atomic E-state index is 0.0617. The molecule has 3 rings (SSSR count). The number of amides is 1. The summed E-state index contributed by atoms with van der Waals surface area (Å²) in [5.74, 6) is 0.270. The molecule has 1 fully saturated rings. The second kappa shape index (κ2) is 7.06. The minimum atomic E-state index is -0.246. The summed E-state index contributed by atoms with van der Waals surface area (Å²) >= 11 is 0. The van der Waals surface area contributed by atoms with Crippen LogP contribution >= 0.6 is 0 Å². The third-order valence-electron chi connectivity index (χ3n) is 4.52. The van der Waals surface area contributed by atoms with Gasteiger partial charge in [0.15, 0.2) is 0 Å². The summed E-state index contributed by atoms with van der Waals surface area (Å²) in [7, 11) is 1.67. The first kappa shape index (κ1) is 15.9. The lowest BCUT2D eigenvalue weighted by atomic mass is 9.95. The minimum Gasteiger partial charge on any atom is -0.379 e. The number of carbonyl (C=O) groups excluding carboxylic acids is 1. The van der Waals surface area contributed by atoms with Crippen LogP contribution in [0.1, 0.15) is 19.8 Å². The van der Waals surface area contributed by atoms with Crippen LogP contribution in [0.15, 0.2) is 36.4 Å². The van der Waals surface area contributed by atoms with Crippen molar-refractivity contribution in [2.75, 3.05) is 19.0 Å². The zero-order chi connectivity index (χ0) is 16.2. The van der Waals surface area contributed by atoms with Crippen LogP contribution in [0.3, 0.4) is 0 Å². The van der Waals surface area contributed by atoms with Crippen LogP contribution in [0.4, 0.5) is 5.82 Å². The summed E-state index contributed by atoms with van der Waals surface area (Å²) in [5, 5.41) is 7.38. The van der Waals surface area contributed by atoms with Gasteiger partial charge in [0, 0.05) is 18.5 Å². The molecule has 3 atom stereocenters. The Morgan fingerprint density at radius 3 is 2.91 bits per heavy atom. The topological polar surface area (TPSA) is 63.2 Å². The molecule has 0 radical (unpaired) electrons. The Labute approximate surface area is 136 Å². The third-order valence-corrected chi connectivity index (χ3v) is 4.52. The van der Waals surface area contributed by atoms with Gasteiger partial charge in [0.1, 0.15) is 5.82 Å². The van der Waals surface area contributed by atoms with E-state index in [0.29, 0.717) is 5.82 Å². The van der Waals surface area contributed by atoms with Gasteiger partial charge < -0.3 is 15.4 Å². The fraction of sp³-hybridized carbons (Fsp3) is 0.444. The van der Waals surface area contributed by atoms with Gasteiger partial charge >= 0.3 is 0 Å². The summed E-state index contributed by atoms with van der Waals surface area (Å²) in [5.41, 5.74) is 0.874. The highest BCUT2D eigenvalue weighted by molar-refractivity contribution is 5.93. The standard InChI is InChI=1S/C18H23N3O2/c1-12(17(23-2)15-8-5-11-19-15)18(22)21-16-10-9-13-6-3-4-7-14(13)20-16/h3-4,6-7,9-10,12,15,17,19H,5,8,11H2,1-2H3,(H,20,21,22)/t12-,15?,17-/m1/s1. The number of para-hydroxylation sites is 1. The predicted molar refractivity (Wildman–Crippen MR) is 91.4 cm³/mol. The highest BCUT2D eigenvalue weighted by atomic mass is 16.5. The number of benzene rings is 1. The van der Waals surface area contributed by atoms with E-state index in [1.54, 1.807) is 7.11 Å². The molecule has 1 aromatic carbocycles. The van der Waals surface area contributed by atoms with Crippen molar-refractivity contribution in [3.63, 3.8) is 0 Å². The van der Waals surface area contributed by atoms with Gasteiger partial charge in [-0.2, -0.15) is 0 Å². The summed E-state index contributed by atoms with van der Waals surface area (Å²) in [4.78, 5) is 17.0. The molecule has 0 bridgehead atoms. The summed E-state index contributed by atoms with van der Waals surface area (Å²) < 4.78 is 5.58. The van der Waals surface area contributed by atoms with E-state index in [0.717, 1.165) is 30.3 Å². The molecule has 1 unspecified atom stereocenters. The van der Waals surface area contributed by atoms with E-state index < -0.39 is 0 Å². The van der Waals surface area contributed by atoms with Gasteiger partial charge in [-0.1, -0.05) is 25.1 Å². The molecule has 5 heteroatoms. The average Bonchev–Trinajstić information content (AvgIpc) is 3.09. The molecule has 1 aliphatic rings. The van der Waals surface area contributed by atoms with E-state index in [1.807, 2.05) is 43.3 Å². The molecule has 0 aliphatic carbocycles. The van der Waals surface area contributed by atoms with Crippen molar-refractivity contribution in [2.24, 2.45) is 5.92 Å². The Morgan fingerprint density at radius 2 is 2.17 bits per heavy atom. The molecule has 1 aliphatic heterocycles. The van der Waals surface area contributed by atoms with Crippen LogP contribution in [-0.2, 0) is 9.53 Å². The maximum absolute atomic E-state index is 12.5. The molecule has 1 aromatic heterocycles. The van der Waals surface area contributed by atoms with Gasteiger partial charge in [-0.25, -0.2) is 4.98 Å². The highest BCUT2D eigenvalue weighted by Crippen LogP contribution is 2.21. The molecular weight excluding hydrogens is 290 g/mol. The molecule has 5 nitrogen and oxygen atoms in total. The van der Waals surface area contributed by atoms with E-state index in [-0.39, 0.29) is 24.0 Å². The molecule has 0 spiro atoms. The monoisotopic (exact) mass is 313 g/mol. The summed E-state index contributed by atoms with van der Waals surface area (Å²) in [6, 6.07) is 11.9. The number of nitrogens with one attached hydrogen (secondary N) is 2. The maximum Gasteiger partial charge on any atom is 0.231 e. The highest BCUT2D eigenvalue weighted by Gasteiger charge is 2.33. The number of hydrogen-bond acceptors (Lipinski definition) is 4. The van der Waals surface area contributed by atoms with Gasteiger partial charge in [-0.05, 0) is 37.6 Å². The smallest absolute Gasteiger partial charge is 0.231 e. The molecule has 1 amide bonds. The number of aromatic nitrogens is 1. The lowest BCUT2D eigenvalue weighted by Crippen LogP contribution is -2.44. The van der Waals surface area contributed by atoms with Crippen LogP contribution in [0.25, 0.3) is 10.9 Å². The van der Waals surface area contributed by atoms with Crippen molar-refractivity contribution < 1.29 is 9.53 Å². The molecular formula is C18H23N3O2. The number of hydrogen-bond donors (Lipinski definition) is 2. The van der Waals surface area contributed by atoms with Crippen molar-refractivity contribution in [1.82, 2.24) is 10.3 Å². The first-order valence-corrected chi connectivity index (χ1v) is 8.12. The molecule has 1 saturated heterocycles. The Kier molecular flexibility index (Phi) is 4.88. The number of fused-ring (bicyclic) bond motifs is 1. The van der Waals surface area contributed by atoms with Gasteiger partial charge in [0.25, 0.3) is 0 Å². The molecule has 2 heterocycles. The van der Waals surface area contributed by atoms with Crippen LogP contribution < -0.4 is 10.6 Å². The lowest BCUT2D eigenvalue weighted by molar-refractivity contribution is -0.124. The molecule has 2 aromatic rings. The SMILES string of the molecule is CO[C@@H](C1CCCN1)[C@@H](C)C(=O)Nc1ccc2ccccc2n1. The van der Waals surface area contributed by atoms with E-state index in [2.05, 4.69) is 15.6 Å². The van der Waals surface area contributed by atoms with E-state index in [4.69, 9.17) is 4.74 Å². The maximum atomic E-state index is 12.5. The van der Waals surface area contributed by atoms with Gasteiger partial charge in [-0.15, -0.1) is 0 Å². The van der Waals surface area contributed by atoms with Crippen LogP contribution in [0, 0.1) is 5.92 Å². The molecule has 122 valence electrons. The fourth-order valence-corrected chi connectivity index (χ4v) is 3.23. The fourth-order valence-electron chi connectivity index (χ4n) is 3.23. The molecule has 23 heavy (non-hydrogen) atoms. The quantitative estimate of drug-likeness (QED) is 0.890. The van der Waals surface area contributed by atoms with Crippen molar-refractivity contribution in [3.8, 4) is 0 Å². The Bertz CT molecular complexity index is 683. The number of carbonyl (C=O) groups is 1. The summed E-state index contributed by atoms with van der Waals surface area (Å²) in [6.45, 7) is 2.90. The number of ether oxygens (including phenoxy) is 1. The number of pyridine rings is 1. The third kappa shape index (κ3) is 3.51. The Morgan fingerprint density at radius 1 is 1.35 bits per heavy atom. The van der Waals surface area contributed by atoms with Crippen LogP contribution in [0.5, 0.6) is 0 Å². The summed E-state index contributed by atoms with van der Waals surface area (Å²) in [6.07, 6.45) is 2.05. The van der Waals surface area contributed by atoms with E-state index in [9.17, 15) is 4.79 Å². The second-order valence-electron chi connectivity index (χ2n) is 6.07. The Balaban J connectivity index is 1.71. The molecule has 2 N–H and O–H groups in total. The molecule has 0 saturated carbocycles. The van der Waals surface area contributed by atoms with Crippen molar-refractivity contribution in [3.05, 3.63) is 36.4 Å². The predicted octanol–water partition coefficient (Wildman–Crippen LogP) is 2.58. The first-order valence-electron chi connectivity index (χ1n) is 8.12. The van der Waals surface area contributed by atoms with Crippen molar-refractivity contribution in [1.29, 1.82) is 0 Å². The second-order valence-corrected chi connectivity index (χ2v) is 6.07. The number of rotatable bonds is 5. The number of anilines is 1. The average molecular weight is 313 g/mol. The van der Waals surface area contributed by atoms with Crippen LogP contribution in [-0.4, -0.2) is 36.7 Å². The number of nitrogens with zero attached hydrogens (tertiary/aromatic N) is 1. The lowest BCUT2D eigenvalue weighted by Gasteiger charge is -2.27. The van der Waals surface area contributed by atoms with Gasteiger partial charge in [0.05, 0.1) is 17.5 Å². The zero-order valence-corrected chi connectivity index (χ0v) is 13.6. The van der Waals surface area contributed by atoms with Gasteiger partial charge in [-0.3, -0.25) is 4.79 Å². The van der Waals surface area contributed by atoms with Crippen LogP contribution in [0.2, 0.25) is 0 Å². The first-order chi connectivity index (χ1) is 11.2. The zero-order valence-electron chi connectivity index (χ0n) is 13.6. The van der Waals surface area contributed by atoms with Crippen molar-refractivity contribution in [2.45, 2.75) is 31.9 Å². The van der Waals surface area contributed by atoms with E-state index >= 15 is 0 Å². The normalized spacial score (nSPS) is 20.3. The number of methoxy groups -OCH3 is 1. The van der Waals surface area contributed by atoms with Gasteiger partial charge in [0.2, 0.25) is 5.91 Å². The van der Waals surface area contributed by atoms with E-state index in [1.165, 1.54) is 0 Å². The Hall–Kier alpha value is -1.98. The largest absolute Gasteiger partial charge is 0.379 e.